The van der Waals surface area contributed by atoms with Crippen molar-refractivity contribution in [2.75, 3.05) is 47.5 Å². The molecular weight excluding hydrogens is 653 g/mol. The van der Waals surface area contributed by atoms with Crippen molar-refractivity contribution in [3.8, 4) is 0 Å². The number of esters is 2. The van der Waals surface area contributed by atoms with Gasteiger partial charge in [0.25, 0.3) is 7.82 Å². The maximum atomic E-state index is 12.6. The predicted molar refractivity (Wildman–Crippen MR) is 204 cm³/mol. The Morgan fingerprint density at radius 3 is 1.60 bits per heavy atom. The second kappa shape index (κ2) is 33.1. The van der Waals surface area contributed by atoms with Gasteiger partial charge in [-0.3, -0.25) is 14.2 Å². The number of carbonyl (C=O) groups is 2. The summed E-state index contributed by atoms with van der Waals surface area (Å²) in [5.74, 6) is -0.865. The number of phosphoric ester groups is 1. The summed E-state index contributed by atoms with van der Waals surface area (Å²) in [4.78, 5) is 37.1. The lowest BCUT2D eigenvalue weighted by atomic mass is 10.1. The highest BCUT2D eigenvalue weighted by atomic mass is 31.2. The standard InChI is InChI=1S/C40H74NO8P/c1-6-8-10-12-13-14-15-16-17-18-19-20-21-22-23-24-25-26-27-29-31-33-40(43)49-38(36-46-39(42)32-30-28-11-9-7-2)37-48-50(44,45)47-35-34-41(3,4)5/h15-16,18-19,21-22,38H,6-14,17,20,23-37H2,1-5H3/b16-15-,19-18-,22-21-. The fraction of sp³-hybridized carbons (Fsp3) is 0.800. The Balaban J connectivity index is 4.26. The van der Waals surface area contributed by atoms with Crippen molar-refractivity contribution < 1.29 is 42.1 Å². The van der Waals surface area contributed by atoms with Gasteiger partial charge in [0.05, 0.1) is 27.7 Å². The molecule has 0 aliphatic rings. The maximum Gasteiger partial charge on any atom is 0.306 e. The quantitative estimate of drug-likeness (QED) is 0.0209. The molecule has 0 saturated carbocycles. The minimum Gasteiger partial charge on any atom is -0.756 e. The second-order valence-corrected chi connectivity index (χ2v) is 15.7. The van der Waals surface area contributed by atoms with Crippen molar-refractivity contribution in [2.45, 2.75) is 161 Å². The van der Waals surface area contributed by atoms with Crippen LogP contribution in [-0.2, 0) is 32.7 Å². The number of quaternary nitrogens is 1. The van der Waals surface area contributed by atoms with Crippen LogP contribution in [-0.4, -0.2) is 70.0 Å². The Kier molecular flexibility index (Phi) is 31.9. The minimum atomic E-state index is -4.61. The molecule has 0 saturated heterocycles. The average molecular weight is 728 g/mol. The highest BCUT2D eigenvalue weighted by Gasteiger charge is 2.21. The van der Waals surface area contributed by atoms with E-state index in [9.17, 15) is 19.0 Å². The zero-order valence-electron chi connectivity index (χ0n) is 32.6. The van der Waals surface area contributed by atoms with E-state index < -0.39 is 32.5 Å². The number of hydrogen-bond acceptors (Lipinski definition) is 8. The van der Waals surface area contributed by atoms with Crippen LogP contribution in [0.25, 0.3) is 0 Å². The Morgan fingerprint density at radius 1 is 0.620 bits per heavy atom. The molecule has 0 rings (SSSR count). The van der Waals surface area contributed by atoms with E-state index in [0.29, 0.717) is 17.4 Å². The monoisotopic (exact) mass is 728 g/mol. The van der Waals surface area contributed by atoms with Gasteiger partial charge < -0.3 is 27.9 Å². The van der Waals surface area contributed by atoms with Gasteiger partial charge in [-0.25, -0.2) is 0 Å². The van der Waals surface area contributed by atoms with Crippen LogP contribution >= 0.6 is 7.82 Å². The third-order valence-corrected chi connectivity index (χ3v) is 9.13. The molecule has 0 amide bonds. The summed E-state index contributed by atoms with van der Waals surface area (Å²) in [5, 5.41) is 0. The van der Waals surface area contributed by atoms with E-state index >= 15 is 0 Å². The molecule has 2 unspecified atom stereocenters. The van der Waals surface area contributed by atoms with Gasteiger partial charge in [-0.15, -0.1) is 0 Å². The normalized spacial score (nSPS) is 14.1. The SMILES string of the molecule is CCCCCCC/C=C\C/C=C\C/C=C\CCCCCCCCC(=O)OC(COC(=O)CCCCCCC)COP(=O)([O-])OCC[N+](C)(C)C. The number of carbonyl (C=O) groups excluding carboxylic acids is 2. The number of phosphoric acid groups is 1. The molecule has 0 heterocycles. The van der Waals surface area contributed by atoms with Gasteiger partial charge in [-0.1, -0.05) is 127 Å². The van der Waals surface area contributed by atoms with Crippen LogP contribution in [0.4, 0.5) is 0 Å². The first-order valence-electron chi connectivity index (χ1n) is 19.7. The molecule has 2 atom stereocenters. The number of rotatable bonds is 35. The number of nitrogens with zero attached hydrogens (tertiary/aromatic N) is 1. The predicted octanol–water partition coefficient (Wildman–Crippen LogP) is 9.94. The molecular formula is C40H74NO8P. The summed E-state index contributed by atoms with van der Waals surface area (Å²) < 4.78 is 33.5. The largest absolute Gasteiger partial charge is 0.756 e. The number of hydrogen-bond donors (Lipinski definition) is 0. The van der Waals surface area contributed by atoms with Gasteiger partial charge in [0.2, 0.25) is 0 Å². The average Bonchev–Trinajstić information content (AvgIpc) is 3.06. The molecule has 9 nitrogen and oxygen atoms in total. The second-order valence-electron chi connectivity index (χ2n) is 14.3. The highest BCUT2D eigenvalue weighted by molar-refractivity contribution is 7.45. The van der Waals surface area contributed by atoms with Gasteiger partial charge in [0, 0.05) is 12.8 Å². The summed E-state index contributed by atoms with van der Waals surface area (Å²) in [6.45, 7) is 4.08. The van der Waals surface area contributed by atoms with E-state index in [4.69, 9.17) is 18.5 Å². The number of unbranched alkanes of at least 4 members (excludes halogenated alkanes) is 15. The van der Waals surface area contributed by atoms with Crippen LogP contribution < -0.4 is 4.89 Å². The molecule has 0 aliphatic carbocycles. The zero-order chi connectivity index (χ0) is 37.2. The van der Waals surface area contributed by atoms with E-state index in [1.807, 2.05) is 21.1 Å². The lowest BCUT2D eigenvalue weighted by molar-refractivity contribution is -0.870. The minimum absolute atomic E-state index is 0.0340. The van der Waals surface area contributed by atoms with Crippen LogP contribution in [0.15, 0.2) is 36.5 Å². The Morgan fingerprint density at radius 2 is 1.08 bits per heavy atom. The first-order valence-corrected chi connectivity index (χ1v) is 21.2. The summed E-state index contributed by atoms with van der Waals surface area (Å²) >= 11 is 0. The van der Waals surface area contributed by atoms with E-state index in [2.05, 4.69) is 50.3 Å². The number of ether oxygens (including phenoxy) is 2. The first-order chi connectivity index (χ1) is 24.0. The molecule has 0 bridgehead atoms. The maximum absolute atomic E-state index is 12.6. The van der Waals surface area contributed by atoms with E-state index in [1.54, 1.807) is 0 Å². The van der Waals surface area contributed by atoms with Crippen LogP contribution in [0.2, 0.25) is 0 Å². The lowest BCUT2D eigenvalue weighted by Gasteiger charge is -2.28. The van der Waals surface area contributed by atoms with Gasteiger partial charge in [0.15, 0.2) is 6.10 Å². The van der Waals surface area contributed by atoms with Crippen molar-refractivity contribution in [3.05, 3.63) is 36.5 Å². The smallest absolute Gasteiger partial charge is 0.306 e. The van der Waals surface area contributed by atoms with Crippen LogP contribution in [0, 0.1) is 0 Å². The van der Waals surface area contributed by atoms with Gasteiger partial charge in [-0.2, -0.15) is 0 Å². The molecule has 50 heavy (non-hydrogen) atoms. The number of likely N-dealkylation sites (N-methyl/N-ethyl adjacent to an activating group) is 1. The van der Waals surface area contributed by atoms with Crippen molar-refractivity contribution >= 4 is 19.8 Å². The van der Waals surface area contributed by atoms with Crippen LogP contribution in [0.1, 0.15) is 155 Å². The molecule has 0 spiro atoms. The molecule has 0 aromatic carbocycles. The first kappa shape index (κ1) is 48.2. The van der Waals surface area contributed by atoms with E-state index in [-0.39, 0.29) is 26.1 Å². The summed E-state index contributed by atoms with van der Waals surface area (Å²) in [5.41, 5.74) is 0. The third-order valence-electron chi connectivity index (χ3n) is 8.16. The molecule has 0 aliphatic heterocycles. The van der Waals surface area contributed by atoms with Crippen LogP contribution in [0.5, 0.6) is 0 Å². The fourth-order valence-electron chi connectivity index (χ4n) is 5.01. The van der Waals surface area contributed by atoms with Gasteiger partial charge in [-0.05, 0) is 51.4 Å². The third kappa shape index (κ3) is 36.0. The number of allylic oxidation sites excluding steroid dienone is 6. The van der Waals surface area contributed by atoms with Gasteiger partial charge >= 0.3 is 11.9 Å². The van der Waals surface area contributed by atoms with Crippen molar-refractivity contribution in [3.63, 3.8) is 0 Å². The van der Waals surface area contributed by atoms with Gasteiger partial charge in [0.1, 0.15) is 19.8 Å². The fourth-order valence-corrected chi connectivity index (χ4v) is 5.74. The van der Waals surface area contributed by atoms with Crippen molar-refractivity contribution in [1.29, 1.82) is 0 Å². The molecule has 0 aromatic rings. The highest BCUT2D eigenvalue weighted by Crippen LogP contribution is 2.38. The Labute approximate surface area is 306 Å². The lowest BCUT2D eigenvalue weighted by Crippen LogP contribution is -2.37. The zero-order valence-corrected chi connectivity index (χ0v) is 33.5. The topological polar surface area (TPSA) is 111 Å². The summed E-state index contributed by atoms with van der Waals surface area (Å²) in [6, 6.07) is 0. The molecule has 292 valence electrons. The molecule has 0 aromatic heterocycles. The molecule has 0 N–H and O–H groups in total. The van der Waals surface area contributed by atoms with E-state index in [1.165, 1.54) is 38.5 Å². The van der Waals surface area contributed by atoms with Crippen molar-refractivity contribution in [2.24, 2.45) is 0 Å². The Hall–Kier alpha value is -1.77. The molecule has 0 fully saturated rings. The van der Waals surface area contributed by atoms with Crippen molar-refractivity contribution in [1.82, 2.24) is 0 Å². The Bertz CT molecular complexity index is 959. The summed E-state index contributed by atoms with van der Waals surface area (Å²) in [7, 11) is 1.15. The van der Waals surface area contributed by atoms with E-state index in [0.717, 1.165) is 83.5 Å². The molecule has 0 radical (unpaired) electrons. The van der Waals surface area contributed by atoms with Crippen LogP contribution in [0.3, 0.4) is 0 Å². The summed E-state index contributed by atoms with van der Waals surface area (Å²) in [6.07, 6.45) is 35.0. The molecule has 10 heteroatoms.